The molecule has 8 aromatic carbocycles. The van der Waals surface area contributed by atoms with Crippen molar-refractivity contribution in [1.29, 1.82) is 0 Å². The molecule has 0 radical (unpaired) electrons. The van der Waals surface area contributed by atoms with Gasteiger partial charge in [0.2, 0.25) is 0 Å². The molecule has 0 amide bonds. The van der Waals surface area contributed by atoms with Crippen molar-refractivity contribution < 1.29 is 4.42 Å². The van der Waals surface area contributed by atoms with E-state index in [1.54, 1.807) is 0 Å². The first-order valence-corrected chi connectivity index (χ1v) is 14.8. The van der Waals surface area contributed by atoms with E-state index in [2.05, 4.69) is 158 Å². The van der Waals surface area contributed by atoms with Crippen molar-refractivity contribution in [3.63, 3.8) is 0 Å². The van der Waals surface area contributed by atoms with E-state index in [1.807, 2.05) is 0 Å². The molecule has 0 bridgehead atoms. The average Bonchev–Trinajstić information content (AvgIpc) is 3.46. The average molecular weight is 547 g/mol. The number of hydrogen-bond acceptors (Lipinski definition) is 1. The summed E-state index contributed by atoms with van der Waals surface area (Å²) in [7, 11) is 0. The van der Waals surface area contributed by atoms with Gasteiger partial charge in [0.25, 0.3) is 0 Å². The highest BCUT2D eigenvalue weighted by Gasteiger charge is 2.17. The summed E-state index contributed by atoms with van der Waals surface area (Å²) >= 11 is 0. The Morgan fingerprint density at radius 1 is 0.302 bits per heavy atom. The fourth-order valence-electron chi connectivity index (χ4n) is 6.91. The second kappa shape index (κ2) is 9.44. The minimum Gasteiger partial charge on any atom is -0.456 e. The highest BCUT2D eigenvalue weighted by atomic mass is 16.3. The highest BCUT2D eigenvalue weighted by Crippen LogP contribution is 2.44. The molecule has 9 rings (SSSR count). The molecule has 0 spiro atoms. The monoisotopic (exact) mass is 546 g/mol. The van der Waals surface area contributed by atoms with Crippen LogP contribution in [0, 0.1) is 0 Å². The molecule has 0 aliphatic carbocycles. The summed E-state index contributed by atoms with van der Waals surface area (Å²) in [6.07, 6.45) is 0. The first-order chi connectivity index (χ1) is 21.3. The van der Waals surface area contributed by atoms with E-state index in [9.17, 15) is 0 Å². The SMILES string of the molecule is c1ccc(-c2c3ccccc3c(-c3ccc(-c4ccc5c(c4)oc4ccc6ccccc6c45)cc3)c3ccccc23)cc1. The topological polar surface area (TPSA) is 13.1 Å². The van der Waals surface area contributed by atoms with E-state index in [0.29, 0.717) is 0 Å². The number of rotatable bonds is 3. The Kier molecular flexibility index (Phi) is 5.27. The largest absolute Gasteiger partial charge is 0.456 e. The molecule has 0 N–H and O–H groups in total. The summed E-state index contributed by atoms with van der Waals surface area (Å²) in [5.74, 6) is 0. The summed E-state index contributed by atoms with van der Waals surface area (Å²) in [6, 6.07) is 56.7. The molecule has 0 atom stereocenters. The van der Waals surface area contributed by atoms with Gasteiger partial charge in [0.05, 0.1) is 0 Å². The lowest BCUT2D eigenvalue weighted by Gasteiger charge is -2.18. The van der Waals surface area contributed by atoms with Crippen molar-refractivity contribution in [3.8, 4) is 33.4 Å². The third kappa shape index (κ3) is 3.72. The van der Waals surface area contributed by atoms with Crippen LogP contribution < -0.4 is 0 Å². The van der Waals surface area contributed by atoms with Crippen LogP contribution in [0.2, 0.25) is 0 Å². The van der Waals surface area contributed by atoms with Crippen LogP contribution in [0.15, 0.2) is 162 Å². The molecule has 0 unspecified atom stereocenters. The molecule has 43 heavy (non-hydrogen) atoms. The molecule has 0 saturated heterocycles. The zero-order valence-corrected chi connectivity index (χ0v) is 23.4. The van der Waals surface area contributed by atoms with E-state index >= 15 is 0 Å². The number of fused-ring (bicyclic) bond motifs is 7. The van der Waals surface area contributed by atoms with Crippen molar-refractivity contribution in [3.05, 3.63) is 158 Å². The lowest BCUT2D eigenvalue weighted by molar-refractivity contribution is 0.669. The van der Waals surface area contributed by atoms with Crippen molar-refractivity contribution in [1.82, 2.24) is 0 Å². The molecule has 0 aliphatic heterocycles. The number of furan rings is 1. The Morgan fingerprint density at radius 3 is 1.47 bits per heavy atom. The molecule has 1 nitrogen and oxygen atoms in total. The molecule has 0 fully saturated rings. The van der Waals surface area contributed by atoms with Gasteiger partial charge in [0.15, 0.2) is 0 Å². The molecular formula is C42H26O. The lowest BCUT2D eigenvalue weighted by atomic mass is 9.86. The smallest absolute Gasteiger partial charge is 0.136 e. The van der Waals surface area contributed by atoms with Gasteiger partial charge >= 0.3 is 0 Å². The predicted octanol–water partition coefficient (Wildman–Crippen LogP) is 12.0. The van der Waals surface area contributed by atoms with Gasteiger partial charge in [-0.3, -0.25) is 0 Å². The van der Waals surface area contributed by atoms with E-state index in [-0.39, 0.29) is 0 Å². The molecule has 200 valence electrons. The maximum atomic E-state index is 6.36. The van der Waals surface area contributed by atoms with Crippen LogP contribution >= 0.6 is 0 Å². The van der Waals surface area contributed by atoms with Gasteiger partial charge in [-0.15, -0.1) is 0 Å². The van der Waals surface area contributed by atoms with Gasteiger partial charge in [0, 0.05) is 10.8 Å². The Bertz CT molecular complexity index is 2420. The van der Waals surface area contributed by atoms with Crippen LogP contribution in [0.4, 0.5) is 0 Å². The first kappa shape index (κ1) is 24.0. The fourth-order valence-corrected chi connectivity index (χ4v) is 6.91. The van der Waals surface area contributed by atoms with Gasteiger partial charge in [-0.25, -0.2) is 0 Å². The maximum absolute atomic E-state index is 6.36. The van der Waals surface area contributed by atoms with Crippen LogP contribution in [0.3, 0.4) is 0 Å². The molecule has 1 aromatic heterocycles. The van der Waals surface area contributed by atoms with Crippen LogP contribution in [-0.2, 0) is 0 Å². The van der Waals surface area contributed by atoms with Gasteiger partial charge in [-0.2, -0.15) is 0 Å². The third-order valence-electron chi connectivity index (χ3n) is 8.86. The molecular weight excluding hydrogens is 520 g/mol. The lowest BCUT2D eigenvalue weighted by Crippen LogP contribution is -1.90. The number of hydrogen-bond donors (Lipinski definition) is 0. The predicted molar refractivity (Wildman–Crippen MR) is 183 cm³/mol. The summed E-state index contributed by atoms with van der Waals surface area (Å²) in [5, 5.41) is 9.88. The van der Waals surface area contributed by atoms with E-state index < -0.39 is 0 Å². The Hall–Kier alpha value is -5.66. The van der Waals surface area contributed by atoms with Crippen molar-refractivity contribution in [2.75, 3.05) is 0 Å². The van der Waals surface area contributed by atoms with E-state index in [1.165, 1.54) is 65.5 Å². The molecule has 0 saturated carbocycles. The Morgan fingerprint density at radius 2 is 0.814 bits per heavy atom. The summed E-state index contributed by atoms with van der Waals surface area (Å²) in [4.78, 5) is 0. The van der Waals surface area contributed by atoms with Crippen molar-refractivity contribution in [2.24, 2.45) is 0 Å². The molecule has 0 aliphatic rings. The van der Waals surface area contributed by atoms with Crippen LogP contribution in [-0.4, -0.2) is 0 Å². The second-order valence-corrected chi connectivity index (χ2v) is 11.3. The molecule has 9 aromatic rings. The summed E-state index contributed by atoms with van der Waals surface area (Å²) in [6.45, 7) is 0. The van der Waals surface area contributed by atoms with Crippen LogP contribution in [0.1, 0.15) is 0 Å². The van der Waals surface area contributed by atoms with Gasteiger partial charge < -0.3 is 4.42 Å². The normalized spacial score (nSPS) is 11.7. The zero-order chi connectivity index (χ0) is 28.3. The van der Waals surface area contributed by atoms with Crippen molar-refractivity contribution in [2.45, 2.75) is 0 Å². The maximum Gasteiger partial charge on any atom is 0.136 e. The third-order valence-corrected chi connectivity index (χ3v) is 8.86. The first-order valence-electron chi connectivity index (χ1n) is 14.8. The Balaban J connectivity index is 1.20. The van der Waals surface area contributed by atoms with Gasteiger partial charge in [-0.1, -0.05) is 140 Å². The summed E-state index contributed by atoms with van der Waals surface area (Å²) in [5.41, 5.74) is 9.19. The van der Waals surface area contributed by atoms with Gasteiger partial charge in [0.1, 0.15) is 11.2 Å². The standard InChI is InChI=1S/C42H26O/c1-2-11-29(12-3-1)40-33-14-6-8-16-35(33)41(36-17-9-7-15-34(36)40)30-20-18-27(19-21-30)31-22-24-37-39(26-31)43-38-25-23-28-10-4-5-13-32(28)42(37)38/h1-26H. The molecule has 1 heterocycles. The molecule has 1 heteroatoms. The minimum absolute atomic E-state index is 0.918. The quantitative estimate of drug-likeness (QED) is 0.201. The van der Waals surface area contributed by atoms with E-state index in [4.69, 9.17) is 4.42 Å². The fraction of sp³-hybridized carbons (Fsp3) is 0. The zero-order valence-electron chi connectivity index (χ0n) is 23.4. The highest BCUT2D eigenvalue weighted by molar-refractivity contribution is 6.22. The van der Waals surface area contributed by atoms with Crippen molar-refractivity contribution >= 4 is 54.3 Å². The second-order valence-electron chi connectivity index (χ2n) is 11.3. The van der Waals surface area contributed by atoms with Crippen LogP contribution in [0.5, 0.6) is 0 Å². The summed E-state index contributed by atoms with van der Waals surface area (Å²) < 4.78 is 6.36. The Labute approximate surface area is 249 Å². The van der Waals surface area contributed by atoms with E-state index in [0.717, 1.165) is 22.1 Å². The minimum atomic E-state index is 0.918. The van der Waals surface area contributed by atoms with Gasteiger partial charge in [-0.05, 0) is 83.9 Å². The van der Waals surface area contributed by atoms with Crippen LogP contribution in [0.25, 0.3) is 87.6 Å². The number of benzene rings is 8.